The topological polar surface area (TPSA) is 80.4 Å². The van der Waals surface area contributed by atoms with Gasteiger partial charge in [-0.2, -0.15) is 0 Å². The summed E-state index contributed by atoms with van der Waals surface area (Å²) in [7, 11) is 3.95. The first-order chi connectivity index (χ1) is 13.6. The number of nitrogens with zero attached hydrogens (tertiary/aromatic N) is 6. The molecule has 3 heterocycles. The Kier molecular flexibility index (Phi) is 5.03. The Balaban J connectivity index is 1.56. The fourth-order valence-electron chi connectivity index (χ4n) is 2.90. The van der Waals surface area contributed by atoms with Gasteiger partial charge in [-0.1, -0.05) is 35.9 Å². The predicted molar refractivity (Wildman–Crippen MR) is 107 cm³/mol. The third-order valence-electron chi connectivity index (χ3n) is 4.60. The van der Waals surface area contributed by atoms with E-state index in [-0.39, 0.29) is 0 Å². The van der Waals surface area contributed by atoms with Crippen molar-refractivity contribution < 1.29 is 9.15 Å². The number of aromatic nitrogens is 4. The van der Waals surface area contributed by atoms with Crippen LogP contribution in [-0.2, 0) is 4.74 Å². The lowest BCUT2D eigenvalue weighted by atomic mass is 10.1. The van der Waals surface area contributed by atoms with Crippen molar-refractivity contribution in [2.24, 2.45) is 0 Å². The van der Waals surface area contributed by atoms with Gasteiger partial charge < -0.3 is 19.0 Å². The summed E-state index contributed by atoms with van der Waals surface area (Å²) in [6.07, 6.45) is 3.35. The standard InChI is InChI=1S/C20H22N6O2/c1-14(25(2)3)15-4-6-16(7-5-15)17-12-21-13-18(22-17)19-23-24-20(28-19)26-8-10-27-11-9-26/h4-7,12-13H,1,8-11H2,2-3H3. The SMILES string of the molecule is C=C(c1ccc(-c2cncc(-c3nnc(N4CCOCC4)o3)n2)cc1)N(C)C. The summed E-state index contributed by atoms with van der Waals surface area (Å²) >= 11 is 0. The maximum atomic E-state index is 5.81. The highest BCUT2D eigenvalue weighted by Gasteiger charge is 2.19. The maximum absolute atomic E-state index is 5.81. The van der Waals surface area contributed by atoms with E-state index in [4.69, 9.17) is 9.15 Å². The van der Waals surface area contributed by atoms with E-state index in [0.29, 0.717) is 30.8 Å². The molecule has 0 unspecified atom stereocenters. The van der Waals surface area contributed by atoms with Crippen LogP contribution in [0.15, 0.2) is 47.7 Å². The number of hydrogen-bond donors (Lipinski definition) is 0. The third-order valence-corrected chi connectivity index (χ3v) is 4.60. The average Bonchev–Trinajstić information content (AvgIpc) is 3.24. The molecule has 4 rings (SSSR count). The van der Waals surface area contributed by atoms with Gasteiger partial charge in [0, 0.05) is 38.4 Å². The Bertz CT molecular complexity index is 961. The van der Waals surface area contributed by atoms with E-state index >= 15 is 0 Å². The number of benzene rings is 1. The first-order valence-corrected chi connectivity index (χ1v) is 9.07. The highest BCUT2D eigenvalue weighted by atomic mass is 16.5. The average molecular weight is 378 g/mol. The summed E-state index contributed by atoms with van der Waals surface area (Å²) in [5, 5.41) is 8.27. The Hall–Kier alpha value is -3.26. The van der Waals surface area contributed by atoms with E-state index in [1.54, 1.807) is 12.4 Å². The second kappa shape index (κ2) is 7.77. The van der Waals surface area contributed by atoms with Gasteiger partial charge in [-0.15, -0.1) is 5.10 Å². The molecule has 28 heavy (non-hydrogen) atoms. The molecule has 8 nitrogen and oxygen atoms in total. The molecule has 0 spiro atoms. The van der Waals surface area contributed by atoms with E-state index < -0.39 is 0 Å². The first-order valence-electron chi connectivity index (χ1n) is 9.07. The van der Waals surface area contributed by atoms with Gasteiger partial charge in [-0.25, -0.2) is 4.98 Å². The Morgan fingerprint density at radius 3 is 2.46 bits per heavy atom. The molecule has 1 saturated heterocycles. The molecule has 0 saturated carbocycles. The van der Waals surface area contributed by atoms with E-state index in [0.717, 1.165) is 35.6 Å². The Morgan fingerprint density at radius 2 is 1.75 bits per heavy atom. The summed E-state index contributed by atoms with van der Waals surface area (Å²) in [5.41, 5.74) is 4.26. The molecule has 1 aliphatic rings. The summed E-state index contributed by atoms with van der Waals surface area (Å²) < 4.78 is 11.2. The van der Waals surface area contributed by atoms with Crippen LogP contribution in [0.25, 0.3) is 28.5 Å². The monoisotopic (exact) mass is 378 g/mol. The van der Waals surface area contributed by atoms with Gasteiger partial charge in [0.15, 0.2) is 0 Å². The highest BCUT2D eigenvalue weighted by molar-refractivity contribution is 5.67. The number of morpholine rings is 1. The van der Waals surface area contributed by atoms with Crippen LogP contribution in [0.2, 0.25) is 0 Å². The third kappa shape index (κ3) is 3.72. The van der Waals surface area contributed by atoms with Gasteiger partial charge in [-0.05, 0) is 5.56 Å². The summed E-state index contributed by atoms with van der Waals surface area (Å²) in [6.45, 7) is 6.86. The lowest BCUT2D eigenvalue weighted by Gasteiger charge is -2.24. The number of hydrogen-bond acceptors (Lipinski definition) is 8. The van der Waals surface area contributed by atoms with Gasteiger partial charge in [0.2, 0.25) is 0 Å². The van der Waals surface area contributed by atoms with E-state index in [1.165, 1.54) is 0 Å². The summed E-state index contributed by atoms with van der Waals surface area (Å²) in [6, 6.07) is 8.54. The molecule has 0 aliphatic carbocycles. The van der Waals surface area contributed by atoms with Crippen LogP contribution >= 0.6 is 0 Å². The molecular weight excluding hydrogens is 356 g/mol. The van der Waals surface area contributed by atoms with E-state index in [2.05, 4.69) is 26.7 Å². The molecule has 0 N–H and O–H groups in total. The molecule has 0 radical (unpaired) electrons. The smallest absolute Gasteiger partial charge is 0.318 e. The molecule has 1 aromatic carbocycles. The fraction of sp³-hybridized carbons (Fsp3) is 0.300. The molecule has 2 aromatic heterocycles. The van der Waals surface area contributed by atoms with Gasteiger partial charge in [0.1, 0.15) is 5.69 Å². The second-order valence-electron chi connectivity index (χ2n) is 6.70. The van der Waals surface area contributed by atoms with Crippen molar-refractivity contribution in [3.05, 3.63) is 48.8 Å². The zero-order valence-electron chi connectivity index (χ0n) is 16.0. The summed E-state index contributed by atoms with van der Waals surface area (Å²) in [4.78, 5) is 12.9. The number of ether oxygens (including phenoxy) is 1. The second-order valence-corrected chi connectivity index (χ2v) is 6.70. The quantitative estimate of drug-likeness (QED) is 0.670. The van der Waals surface area contributed by atoms with Crippen LogP contribution in [0.4, 0.5) is 6.01 Å². The zero-order chi connectivity index (χ0) is 19.5. The van der Waals surface area contributed by atoms with Crippen molar-refractivity contribution >= 4 is 11.7 Å². The van der Waals surface area contributed by atoms with Crippen LogP contribution in [0, 0.1) is 0 Å². The molecule has 3 aromatic rings. The van der Waals surface area contributed by atoms with Gasteiger partial charge >= 0.3 is 6.01 Å². The number of anilines is 1. The van der Waals surface area contributed by atoms with Crippen molar-refractivity contribution in [1.82, 2.24) is 25.1 Å². The van der Waals surface area contributed by atoms with E-state index in [9.17, 15) is 0 Å². The number of rotatable bonds is 5. The lowest BCUT2D eigenvalue weighted by Crippen LogP contribution is -2.36. The van der Waals surface area contributed by atoms with Crippen molar-refractivity contribution in [2.45, 2.75) is 0 Å². The molecule has 1 aliphatic heterocycles. The Labute approximate surface area is 163 Å². The Morgan fingerprint density at radius 1 is 1.04 bits per heavy atom. The van der Waals surface area contributed by atoms with Crippen LogP contribution in [-0.4, -0.2) is 65.5 Å². The first kappa shape index (κ1) is 18.1. The molecular formula is C20H22N6O2. The molecule has 0 bridgehead atoms. The van der Waals surface area contributed by atoms with Gasteiger partial charge in [-0.3, -0.25) is 4.98 Å². The molecule has 0 atom stereocenters. The van der Waals surface area contributed by atoms with E-state index in [1.807, 2.05) is 48.2 Å². The lowest BCUT2D eigenvalue weighted by molar-refractivity contribution is 0.120. The van der Waals surface area contributed by atoms with Crippen molar-refractivity contribution in [3.63, 3.8) is 0 Å². The minimum Gasteiger partial charge on any atom is -0.401 e. The zero-order valence-corrected chi connectivity index (χ0v) is 16.0. The minimum absolute atomic E-state index is 0.355. The predicted octanol–water partition coefficient (Wildman–Crippen LogP) is 2.56. The van der Waals surface area contributed by atoms with Crippen molar-refractivity contribution in [2.75, 3.05) is 45.3 Å². The normalized spacial score (nSPS) is 14.1. The van der Waals surface area contributed by atoms with Gasteiger partial charge in [0.05, 0.1) is 31.3 Å². The van der Waals surface area contributed by atoms with Crippen LogP contribution in [0.1, 0.15) is 5.56 Å². The van der Waals surface area contributed by atoms with Crippen LogP contribution in [0.3, 0.4) is 0 Å². The van der Waals surface area contributed by atoms with Crippen LogP contribution < -0.4 is 4.90 Å². The van der Waals surface area contributed by atoms with Crippen molar-refractivity contribution in [1.29, 1.82) is 0 Å². The largest absolute Gasteiger partial charge is 0.401 e. The molecule has 0 amide bonds. The molecule has 8 heteroatoms. The van der Waals surface area contributed by atoms with Gasteiger partial charge in [0.25, 0.3) is 5.89 Å². The molecule has 1 fully saturated rings. The highest BCUT2D eigenvalue weighted by Crippen LogP contribution is 2.25. The molecule has 144 valence electrons. The maximum Gasteiger partial charge on any atom is 0.318 e. The minimum atomic E-state index is 0.355. The van der Waals surface area contributed by atoms with Crippen LogP contribution in [0.5, 0.6) is 0 Å². The van der Waals surface area contributed by atoms with Crippen molar-refractivity contribution in [3.8, 4) is 22.8 Å². The fourth-order valence-corrected chi connectivity index (χ4v) is 2.90. The summed E-state index contributed by atoms with van der Waals surface area (Å²) in [5.74, 6) is 0.355.